The van der Waals surface area contributed by atoms with Gasteiger partial charge in [-0.3, -0.25) is 9.59 Å². The molecule has 0 fully saturated rings. The number of benzene rings is 3. The lowest BCUT2D eigenvalue weighted by molar-refractivity contribution is 0.0975. The predicted molar refractivity (Wildman–Crippen MR) is 95.1 cm³/mol. The molecule has 0 saturated heterocycles. The van der Waals surface area contributed by atoms with Crippen molar-refractivity contribution in [3.05, 3.63) is 70.3 Å². The predicted octanol–water partition coefficient (Wildman–Crippen LogP) is 3.94. The van der Waals surface area contributed by atoms with Crippen LogP contribution in [0, 0.1) is 6.92 Å². The van der Waals surface area contributed by atoms with Crippen molar-refractivity contribution >= 4 is 22.3 Å². The third kappa shape index (κ3) is 2.07. The number of methoxy groups -OCH3 is 2. The van der Waals surface area contributed by atoms with Crippen LogP contribution in [0.2, 0.25) is 0 Å². The van der Waals surface area contributed by atoms with Gasteiger partial charge in [0.1, 0.15) is 11.5 Å². The van der Waals surface area contributed by atoms with Crippen LogP contribution in [0.15, 0.2) is 42.5 Å². The van der Waals surface area contributed by atoms with E-state index in [1.54, 1.807) is 18.2 Å². The van der Waals surface area contributed by atoms with E-state index in [0.717, 1.165) is 16.3 Å². The summed E-state index contributed by atoms with van der Waals surface area (Å²) < 4.78 is 10.8. The zero-order valence-corrected chi connectivity index (χ0v) is 14.2. The molecule has 0 saturated carbocycles. The van der Waals surface area contributed by atoms with Gasteiger partial charge < -0.3 is 9.47 Å². The van der Waals surface area contributed by atoms with Crippen LogP contribution in [-0.2, 0) is 0 Å². The molecule has 0 radical (unpaired) electrons. The summed E-state index contributed by atoms with van der Waals surface area (Å²) in [7, 11) is 3.00. The van der Waals surface area contributed by atoms with E-state index in [1.807, 2.05) is 31.2 Å². The van der Waals surface area contributed by atoms with Crippen LogP contribution in [-0.4, -0.2) is 25.8 Å². The highest BCUT2D eigenvalue weighted by atomic mass is 16.5. The standard InChI is InChI=1S/C21H16O4/c1-11-7-8-13-12(9-11)10-16(25-3)19-18(13)20(22)14-5-4-6-15(24-2)17(14)21(19)23/h4-10H,1-3H3. The number of rotatable bonds is 2. The van der Waals surface area contributed by atoms with Crippen LogP contribution in [0.3, 0.4) is 0 Å². The Morgan fingerprint density at radius 3 is 2.24 bits per heavy atom. The topological polar surface area (TPSA) is 52.6 Å². The van der Waals surface area contributed by atoms with Crippen molar-refractivity contribution < 1.29 is 19.1 Å². The van der Waals surface area contributed by atoms with Gasteiger partial charge in [0.15, 0.2) is 5.78 Å². The van der Waals surface area contributed by atoms with Gasteiger partial charge in [0.25, 0.3) is 0 Å². The Morgan fingerprint density at radius 1 is 0.760 bits per heavy atom. The van der Waals surface area contributed by atoms with E-state index in [-0.39, 0.29) is 11.6 Å². The molecular weight excluding hydrogens is 316 g/mol. The first kappa shape index (κ1) is 15.4. The molecule has 1 aliphatic carbocycles. The molecule has 124 valence electrons. The van der Waals surface area contributed by atoms with Gasteiger partial charge >= 0.3 is 0 Å². The number of hydrogen-bond donors (Lipinski definition) is 0. The van der Waals surface area contributed by atoms with Crippen molar-refractivity contribution in [1.82, 2.24) is 0 Å². The molecule has 3 aromatic carbocycles. The average Bonchev–Trinajstić information content (AvgIpc) is 2.63. The molecule has 0 amide bonds. The smallest absolute Gasteiger partial charge is 0.202 e. The highest BCUT2D eigenvalue weighted by Crippen LogP contribution is 2.41. The van der Waals surface area contributed by atoms with Crippen LogP contribution in [0.5, 0.6) is 11.5 Å². The average molecular weight is 332 g/mol. The molecule has 1 aliphatic rings. The Bertz CT molecular complexity index is 1060. The fraction of sp³-hybridized carbons (Fsp3) is 0.143. The Morgan fingerprint density at radius 2 is 1.52 bits per heavy atom. The first-order valence-electron chi connectivity index (χ1n) is 7.94. The van der Waals surface area contributed by atoms with E-state index in [4.69, 9.17) is 9.47 Å². The molecule has 0 atom stereocenters. The molecule has 3 aromatic rings. The quantitative estimate of drug-likeness (QED) is 0.558. The van der Waals surface area contributed by atoms with Crippen molar-refractivity contribution in [3.63, 3.8) is 0 Å². The van der Waals surface area contributed by atoms with Crippen LogP contribution >= 0.6 is 0 Å². The molecule has 4 heteroatoms. The van der Waals surface area contributed by atoms with Crippen LogP contribution < -0.4 is 9.47 Å². The van der Waals surface area contributed by atoms with Gasteiger partial charge in [0.05, 0.1) is 25.3 Å². The number of ketones is 2. The lowest BCUT2D eigenvalue weighted by Crippen LogP contribution is -2.23. The van der Waals surface area contributed by atoms with Crippen molar-refractivity contribution in [2.75, 3.05) is 14.2 Å². The van der Waals surface area contributed by atoms with E-state index < -0.39 is 0 Å². The maximum Gasteiger partial charge on any atom is 0.202 e. The van der Waals surface area contributed by atoms with Crippen LogP contribution in [0.25, 0.3) is 10.8 Å². The summed E-state index contributed by atoms with van der Waals surface area (Å²) in [6.07, 6.45) is 0. The second-order valence-corrected chi connectivity index (χ2v) is 6.09. The number of hydrogen-bond acceptors (Lipinski definition) is 4. The van der Waals surface area contributed by atoms with E-state index in [9.17, 15) is 9.59 Å². The third-order valence-electron chi connectivity index (χ3n) is 4.65. The zero-order chi connectivity index (χ0) is 17.7. The van der Waals surface area contributed by atoms with E-state index in [2.05, 4.69) is 0 Å². The van der Waals surface area contributed by atoms with Gasteiger partial charge in [-0.25, -0.2) is 0 Å². The molecule has 4 rings (SSSR count). The van der Waals surface area contributed by atoms with Gasteiger partial charge in [-0.2, -0.15) is 0 Å². The normalized spacial score (nSPS) is 12.8. The number of carbonyl (C=O) groups excluding carboxylic acids is 2. The molecule has 25 heavy (non-hydrogen) atoms. The van der Waals surface area contributed by atoms with Crippen LogP contribution in [0.1, 0.15) is 37.4 Å². The molecule has 0 bridgehead atoms. The Kier molecular flexibility index (Phi) is 3.35. The lowest BCUT2D eigenvalue weighted by Gasteiger charge is -2.23. The molecule has 0 heterocycles. The van der Waals surface area contributed by atoms with E-state index in [0.29, 0.717) is 33.8 Å². The molecule has 4 nitrogen and oxygen atoms in total. The van der Waals surface area contributed by atoms with Gasteiger partial charge in [-0.05, 0) is 29.8 Å². The minimum atomic E-state index is -0.249. The maximum absolute atomic E-state index is 13.2. The van der Waals surface area contributed by atoms with Crippen molar-refractivity contribution in [1.29, 1.82) is 0 Å². The third-order valence-corrected chi connectivity index (χ3v) is 4.65. The number of ether oxygens (including phenoxy) is 2. The largest absolute Gasteiger partial charge is 0.496 e. The number of fused-ring (bicyclic) bond motifs is 4. The van der Waals surface area contributed by atoms with E-state index >= 15 is 0 Å². The minimum absolute atomic E-state index is 0.184. The number of aryl methyl sites for hydroxylation is 1. The molecule has 0 unspecified atom stereocenters. The highest BCUT2D eigenvalue weighted by molar-refractivity contribution is 6.33. The maximum atomic E-state index is 13.2. The Labute approximate surface area is 145 Å². The van der Waals surface area contributed by atoms with Crippen molar-refractivity contribution in [2.45, 2.75) is 6.92 Å². The van der Waals surface area contributed by atoms with Crippen molar-refractivity contribution in [3.8, 4) is 11.5 Å². The molecule has 0 spiro atoms. The van der Waals surface area contributed by atoms with Crippen LogP contribution in [0.4, 0.5) is 0 Å². The lowest BCUT2D eigenvalue weighted by atomic mass is 9.80. The summed E-state index contributed by atoms with van der Waals surface area (Å²) >= 11 is 0. The SMILES string of the molecule is COc1cccc2c1C(=O)c1c(OC)cc3cc(C)ccc3c1C2=O. The molecular formula is C21H16O4. The molecule has 0 aliphatic heterocycles. The van der Waals surface area contributed by atoms with Gasteiger partial charge in [-0.15, -0.1) is 0 Å². The minimum Gasteiger partial charge on any atom is -0.496 e. The Hall–Kier alpha value is -3.14. The second kappa shape index (κ2) is 5.45. The fourth-order valence-corrected chi connectivity index (χ4v) is 3.51. The van der Waals surface area contributed by atoms with Gasteiger partial charge in [-0.1, -0.05) is 35.9 Å². The van der Waals surface area contributed by atoms with Crippen molar-refractivity contribution in [2.24, 2.45) is 0 Å². The van der Waals surface area contributed by atoms with Gasteiger partial charge in [0, 0.05) is 11.1 Å². The monoisotopic (exact) mass is 332 g/mol. The second-order valence-electron chi connectivity index (χ2n) is 6.09. The summed E-state index contributed by atoms with van der Waals surface area (Å²) in [6, 6.07) is 12.7. The number of carbonyl (C=O) groups is 2. The first-order valence-corrected chi connectivity index (χ1v) is 7.94. The summed E-state index contributed by atoms with van der Waals surface area (Å²) in [5, 5.41) is 1.64. The highest BCUT2D eigenvalue weighted by Gasteiger charge is 2.36. The Balaban J connectivity index is 2.14. The fourth-order valence-electron chi connectivity index (χ4n) is 3.51. The summed E-state index contributed by atoms with van der Waals surface area (Å²) in [6.45, 7) is 1.98. The van der Waals surface area contributed by atoms with E-state index in [1.165, 1.54) is 14.2 Å². The first-order chi connectivity index (χ1) is 12.1. The summed E-state index contributed by atoms with van der Waals surface area (Å²) in [5.41, 5.74) is 2.45. The van der Waals surface area contributed by atoms with Gasteiger partial charge in [0.2, 0.25) is 5.78 Å². The molecule has 0 aromatic heterocycles. The summed E-state index contributed by atoms with van der Waals surface area (Å²) in [5.74, 6) is 0.369. The summed E-state index contributed by atoms with van der Waals surface area (Å²) in [4.78, 5) is 26.4. The zero-order valence-electron chi connectivity index (χ0n) is 14.2. The molecule has 0 N–H and O–H groups in total.